The lowest BCUT2D eigenvalue weighted by molar-refractivity contribution is -0.136. The second kappa shape index (κ2) is 7.43. The van der Waals surface area contributed by atoms with Crippen LogP contribution in [-0.2, 0) is 9.59 Å². The van der Waals surface area contributed by atoms with Crippen LogP contribution in [0.5, 0.6) is 0 Å². The first-order valence-electron chi connectivity index (χ1n) is 6.53. The van der Waals surface area contributed by atoms with Crippen molar-refractivity contribution in [1.82, 2.24) is 0 Å². The summed E-state index contributed by atoms with van der Waals surface area (Å²) < 4.78 is 0. The van der Waals surface area contributed by atoms with E-state index in [1.165, 1.54) is 12.8 Å². The van der Waals surface area contributed by atoms with Gasteiger partial charge in [-0.1, -0.05) is 46.5 Å². The first kappa shape index (κ1) is 16.1. The Labute approximate surface area is 104 Å². The quantitative estimate of drug-likeness (QED) is 0.477. The van der Waals surface area contributed by atoms with Crippen LogP contribution in [0.3, 0.4) is 0 Å². The Hall–Kier alpha value is -0.900. The van der Waals surface area contributed by atoms with Gasteiger partial charge in [-0.2, -0.15) is 0 Å². The Bertz CT molecular complexity index is 266. The molecule has 2 atom stereocenters. The minimum atomic E-state index is -1.48. The number of carbonyl (C=O) groups is 2. The molecule has 4 heteroatoms. The summed E-state index contributed by atoms with van der Waals surface area (Å²) in [6.45, 7) is 5.69. The molecule has 0 bridgehead atoms. The number of carbonyl (C=O) groups excluding carboxylic acids is 2. The van der Waals surface area contributed by atoms with Crippen LogP contribution in [0.2, 0.25) is 0 Å². The van der Waals surface area contributed by atoms with Gasteiger partial charge >= 0.3 is 0 Å². The maximum Gasteiger partial charge on any atom is 0.245 e. The number of primary amides is 1. The van der Waals surface area contributed by atoms with Gasteiger partial charge in [0.15, 0.2) is 11.3 Å². The standard InChI is InChI=1S/C13H26N2O2/c1-4-6-7-8-9-10(3)11(16)13(15,5-2)12(14)17/h10H,4-9,15H2,1-3H3,(H2,14,17). The molecule has 0 aliphatic heterocycles. The van der Waals surface area contributed by atoms with E-state index in [0.29, 0.717) is 0 Å². The van der Waals surface area contributed by atoms with Crippen molar-refractivity contribution in [2.24, 2.45) is 17.4 Å². The highest BCUT2D eigenvalue weighted by molar-refractivity contribution is 6.10. The van der Waals surface area contributed by atoms with E-state index in [9.17, 15) is 9.59 Å². The molecule has 0 heterocycles. The number of Topliss-reactive ketones (excluding diaryl/α,β-unsaturated/α-hetero) is 1. The van der Waals surface area contributed by atoms with Crippen molar-refractivity contribution in [3.63, 3.8) is 0 Å². The minimum Gasteiger partial charge on any atom is -0.368 e. The third-order valence-corrected chi connectivity index (χ3v) is 3.38. The van der Waals surface area contributed by atoms with E-state index in [0.717, 1.165) is 19.3 Å². The number of rotatable bonds is 9. The highest BCUT2D eigenvalue weighted by atomic mass is 16.2. The fraction of sp³-hybridized carbons (Fsp3) is 0.846. The number of amides is 1. The topological polar surface area (TPSA) is 86.2 Å². The van der Waals surface area contributed by atoms with Crippen molar-refractivity contribution in [2.45, 2.75) is 64.8 Å². The molecule has 0 spiro atoms. The van der Waals surface area contributed by atoms with E-state index >= 15 is 0 Å². The fourth-order valence-electron chi connectivity index (χ4n) is 1.92. The highest BCUT2D eigenvalue weighted by Crippen LogP contribution is 2.19. The molecule has 0 aliphatic carbocycles. The Morgan fingerprint density at radius 1 is 1.18 bits per heavy atom. The Kier molecular flexibility index (Phi) is 7.04. The summed E-state index contributed by atoms with van der Waals surface area (Å²) in [5.41, 5.74) is 9.52. The second-order valence-electron chi connectivity index (χ2n) is 4.80. The van der Waals surface area contributed by atoms with Gasteiger partial charge in [-0.05, 0) is 12.8 Å². The predicted octanol–water partition coefficient (Wildman–Crippen LogP) is 1.75. The van der Waals surface area contributed by atoms with E-state index in [-0.39, 0.29) is 18.1 Å². The number of nitrogens with two attached hydrogens (primary N) is 2. The summed E-state index contributed by atoms with van der Waals surface area (Å²) in [6, 6.07) is 0. The third kappa shape index (κ3) is 4.46. The van der Waals surface area contributed by atoms with Crippen LogP contribution in [0, 0.1) is 5.92 Å². The predicted molar refractivity (Wildman–Crippen MR) is 69.3 cm³/mol. The van der Waals surface area contributed by atoms with Crippen LogP contribution in [0.25, 0.3) is 0 Å². The fourth-order valence-corrected chi connectivity index (χ4v) is 1.92. The molecule has 0 rings (SSSR count). The summed E-state index contributed by atoms with van der Waals surface area (Å²) in [6.07, 6.45) is 5.51. The molecule has 0 aliphatic rings. The van der Waals surface area contributed by atoms with Crippen molar-refractivity contribution in [2.75, 3.05) is 0 Å². The van der Waals surface area contributed by atoms with E-state index in [2.05, 4.69) is 6.92 Å². The van der Waals surface area contributed by atoms with E-state index in [1.54, 1.807) is 6.92 Å². The summed E-state index contributed by atoms with van der Waals surface area (Å²) in [5, 5.41) is 0. The molecule has 17 heavy (non-hydrogen) atoms. The van der Waals surface area contributed by atoms with Gasteiger partial charge in [0.05, 0.1) is 0 Å². The number of hydrogen-bond donors (Lipinski definition) is 2. The van der Waals surface area contributed by atoms with Crippen LogP contribution < -0.4 is 11.5 Å². The summed E-state index contributed by atoms with van der Waals surface area (Å²) >= 11 is 0. The van der Waals surface area contributed by atoms with Gasteiger partial charge in [0.25, 0.3) is 0 Å². The molecule has 2 unspecified atom stereocenters. The van der Waals surface area contributed by atoms with Crippen molar-refractivity contribution < 1.29 is 9.59 Å². The van der Waals surface area contributed by atoms with Crippen LogP contribution in [0.15, 0.2) is 0 Å². The smallest absolute Gasteiger partial charge is 0.245 e. The number of unbranched alkanes of at least 4 members (excludes halogenated alkanes) is 3. The van der Waals surface area contributed by atoms with E-state index in [4.69, 9.17) is 11.5 Å². The van der Waals surface area contributed by atoms with Gasteiger partial charge in [-0.25, -0.2) is 0 Å². The molecule has 0 saturated heterocycles. The molecule has 0 fully saturated rings. The largest absolute Gasteiger partial charge is 0.368 e. The van der Waals surface area contributed by atoms with Crippen LogP contribution >= 0.6 is 0 Å². The first-order chi connectivity index (χ1) is 7.90. The minimum absolute atomic E-state index is 0.190. The molecule has 0 aromatic carbocycles. The van der Waals surface area contributed by atoms with Gasteiger partial charge in [0.1, 0.15) is 0 Å². The monoisotopic (exact) mass is 242 g/mol. The zero-order chi connectivity index (χ0) is 13.5. The first-order valence-corrected chi connectivity index (χ1v) is 6.53. The number of hydrogen-bond acceptors (Lipinski definition) is 3. The Balaban J connectivity index is 4.32. The molecule has 0 aromatic heterocycles. The van der Waals surface area contributed by atoms with E-state index < -0.39 is 11.4 Å². The molecule has 0 aromatic rings. The van der Waals surface area contributed by atoms with Crippen LogP contribution in [-0.4, -0.2) is 17.2 Å². The zero-order valence-corrected chi connectivity index (χ0v) is 11.3. The normalized spacial score (nSPS) is 16.2. The number of ketones is 1. The van der Waals surface area contributed by atoms with E-state index in [1.807, 2.05) is 6.92 Å². The van der Waals surface area contributed by atoms with Gasteiger partial charge in [-0.15, -0.1) is 0 Å². The van der Waals surface area contributed by atoms with Crippen LogP contribution in [0.1, 0.15) is 59.3 Å². The lowest BCUT2D eigenvalue weighted by Crippen LogP contribution is -2.59. The lowest BCUT2D eigenvalue weighted by atomic mass is 9.82. The molecular weight excluding hydrogens is 216 g/mol. The van der Waals surface area contributed by atoms with Gasteiger partial charge < -0.3 is 11.5 Å². The average Bonchev–Trinajstić information content (AvgIpc) is 2.32. The van der Waals surface area contributed by atoms with Gasteiger partial charge in [0.2, 0.25) is 5.91 Å². The van der Waals surface area contributed by atoms with Crippen molar-refractivity contribution in [3.05, 3.63) is 0 Å². The zero-order valence-electron chi connectivity index (χ0n) is 11.3. The SMILES string of the molecule is CCCCCCC(C)C(=O)C(N)(CC)C(N)=O. The van der Waals surface area contributed by atoms with Crippen molar-refractivity contribution in [3.8, 4) is 0 Å². The van der Waals surface area contributed by atoms with Crippen molar-refractivity contribution in [1.29, 1.82) is 0 Å². The average molecular weight is 242 g/mol. The maximum atomic E-state index is 12.1. The lowest BCUT2D eigenvalue weighted by Gasteiger charge is -2.26. The molecule has 4 N–H and O–H groups in total. The van der Waals surface area contributed by atoms with Gasteiger partial charge in [-0.3, -0.25) is 9.59 Å². The molecular formula is C13H26N2O2. The maximum absolute atomic E-state index is 12.1. The highest BCUT2D eigenvalue weighted by Gasteiger charge is 2.40. The van der Waals surface area contributed by atoms with Crippen molar-refractivity contribution >= 4 is 11.7 Å². The second-order valence-corrected chi connectivity index (χ2v) is 4.80. The van der Waals surface area contributed by atoms with Crippen LogP contribution in [0.4, 0.5) is 0 Å². The van der Waals surface area contributed by atoms with Gasteiger partial charge in [0, 0.05) is 5.92 Å². The summed E-state index contributed by atoms with van der Waals surface area (Å²) in [5.74, 6) is -1.13. The summed E-state index contributed by atoms with van der Waals surface area (Å²) in [4.78, 5) is 23.3. The molecule has 4 nitrogen and oxygen atoms in total. The summed E-state index contributed by atoms with van der Waals surface area (Å²) in [7, 11) is 0. The molecule has 1 amide bonds. The third-order valence-electron chi connectivity index (χ3n) is 3.38. The Morgan fingerprint density at radius 3 is 2.18 bits per heavy atom. The Morgan fingerprint density at radius 2 is 1.76 bits per heavy atom. The molecule has 100 valence electrons. The molecule has 0 saturated carbocycles. The molecule has 0 radical (unpaired) electrons.